The highest BCUT2D eigenvalue weighted by Gasteiger charge is 2.05. The minimum absolute atomic E-state index is 0.849. The van der Waals surface area contributed by atoms with Gasteiger partial charge in [-0.15, -0.1) is 0 Å². The average molecular weight is 261 g/mol. The molecular weight excluding hydrogens is 238 g/mol. The molecular formula is C14H23N5. The molecule has 0 spiro atoms. The molecule has 2 rings (SSSR count). The van der Waals surface area contributed by atoms with Gasteiger partial charge < -0.3 is 5.32 Å². The molecule has 0 aliphatic carbocycles. The van der Waals surface area contributed by atoms with Gasteiger partial charge in [-0.25, -0.2) is 0 Å². The summed E-state index contributed by atoms with van der Waals surface area (Å²) in [6.07, 6.45) is 8.23. The maximum Gasteiger partial charge on any atom is 0.0666 e. The Morgan fingerprint density at radius 3 is 2.79 bits per heavy atom. The van der Waals surface area contributed by atoms with Crippen molar-refractivity contribution in [2.24, 2.45) is 7.05 Å². The van der Waals surface area contributed by atoms with Crippen LogP contribution >= 0.6 is 0 Å². The van der Waals surface area contributed by atoms with E-state index in [1.54, 1.807) is 0 Å². The lowest BCUT2D eigenvalue weighted by Crippen LogP contribution is -2.13. The summed E-state index contributed by atoms with van der Waals surface area (Å²) < 4.78 is 3.88. The quantitative estimate of drug-likeness (QED) is 0.828. The number of hydrogen-bond acceptors (Lipinski definition) is 3. The van der Waals surface area contributed by atoms with Crippen LogP contribution in [0.25, 0.3) is 0 Å². The minimum atomic E-state index is 0.849. The third-order valence-corrected chi connectivity index (χ3v) is 3.11. The molecule has 0 aliphatic rings. The first kappa shape index (κ1) is 13.8. The summed E-state index contributed by atoms with van der Waals surface area (Å²) in [7, 11) is 1.97. The second kappa shape index (κ2) is 6.52. The van der Waals surface area contributed by atoms with Crippen molar-refractivity contribution in [3.8, 4) is 0 Å². The smallest absolute Gasteiger partial charge is 0.0666 e. The highest BCUT2D eigenvalue weighted by atomic mass is 15.3. The van der Waals surface area contributed by atoms with Gasteiger partial charge in [-0.05, 0) is 12.8 Å². The molecule has 19 heavy (non-hydrogen) atoms. The predicted octanol–water partition coefficient (Wildman–Crippen LogP) is 1.88. The molecule has 2 heterocycles. The molecule has 2 aromatic heterocycles. The number of rotatable bonds is 7. The summed E-state index contributed by atoms with van der Waals surface area (Å²) in [4.78, 5) is 0. The van der Waals surface area contributed by atoms with Crippen LogP contribution in [-0.2, 0) is 33.1 Å². The Kier molecular flexibility index (Phi) is 4.74. The normalized spacial score (nSPS) is 11.1. The van der Waals surface area contributed by atoms with Crippen molar-refractivity contribution in [2.45, 2.75) is 46.3 Å². The van der Waals surface area contributed by atoms with Crippen molar-refractivity contribution in [2.75, 3.05) is 0 Å². The zero-order chi connectivity index (χ0) is 13.7. The van der Waals surface area contributed by atoms with E-state index in [1.807, 2.05) is 22.6 Å². The monoisotopic (exact) mass is 261 g/mol. The number of aryl methyl sites for hydroxylation is 3. The zero-order valence-electron chi connectivity index (χ0n) is 12.1. The van der Waals surface area contributed by atoms with Crippen LogP contribution in [0.15, 0.2) is 18.6 Å². The standard InChI is InChI=1S/C14H23N5/c1-4-6-19-10-12(8-16-19)7-15-9-13-11-18(3)17-14(13)5-2/h8,10-11,15H,4-7,9H2,1-3H3. The van der Waals surface area contributed by atoms with E-state index in [1.165, 1.54) is 16.8 Å². The van der Waals surface area contributed by atoms with E-state index < -0.39 is 0 Å². The number of nitrogens with zero attached hydrogens (tertiary/aromatic N) is 4. The van der Waals surface area contributed by atoms with Gasteiger partial charge in [0.1, 0.15) is 0 Å². The summed E-state index contributed by atoms with van der Waals surface area (Å²) in [6, 6.07) is 0. The molecule has 104 valence electrons. The molecule has 0 saturated carbocycles. The van der Waals surface area contributed by atoms with Crippen LogP contribution in [0, 0.1) is 0 Å². The third kappa shape index (κ3) is 3.67. The van der Waals surface area contributed by atoms with Crippen LogP contribution in [0.3, 0.4) is 0 Å². The van der Waals surface area contributed by atoms with Crippen molar-refractivity contribution in [3.05, 3.63) is 35.4 Å². The first-order chi connectivity index (χ1) is 9.22. The van der Waals surface area contributed by atoms with Crippen LogP contribution in [0.5, 0.6) is 0 Å². The Hall–Kier alpha value is -1.62. The molecule has 0 aliphatic heterocycles. The van der Waals surface area contributed by atoms with E-state index in [2.05, 4.69) is 41.8 Å². The molecule has 1 N–H and O–H groups in total. The van der Waals surface area contributed by atoms with E-state index in [9.17, 15) is 0 Å². The van der Waals surface area contributed by atoms with E-state index in [0.717, 1.165) is 32.5 Å². The Morgan fingerprint density at radius 2 is 2.05 bits per heavy atom. The Balaban J connectivity index is 1.85. The molecule has 5 heteroatoms. The molecule has 0 aromatic carbocycles. The second-order valence-corrected chi connectivity index (χ2v) is 4.84. The van der Waals surface area contributed by atoms with Crippen molar-refractivity contribution >= 4 is 0 Å². The summed E-state index contributed by atoms with van der Waals surface area (Å²) in [5, 5.41) is 12.2. The Morgan fingerprint density at radius 1 is 1.21 bits per heavy atom. The second-order valence-electron chi connectivity index (χ2n) is 4.84. The van der Waals surface area contributed by atoms with Crippen molar-refractivity contribution < 1.29 is 0 Å². The molecule has 2 aromatic rings. The average Bonchev–Trinajstić information content (AvgIpc) is 2.97. The largest absolute Gasteiger partial charge is 0.308 e. The van der Waals surface area contributed by atoms with Crippen LogP contribution in [0.2, 0.25) is 0 Å². The van der Waals surface area contributed by atoms with Crippen LogP contribution in [0.4, 0.5) is 0 Å². The van der Waals surface area contributed by atoms with Gasteiger partial charge in [0.05, 0.1) is 11.9 Å². The summed E-state index contributed by atoms with van der Waals surface area (Å²) in [5.74, 6) is 0. The molecule has 0 atom stereocenters. The topological polar surface area (TPSA) is 47.7 Å². The lowest BCUT2D eigenvalue weighted by atomic mass is 10.2. The Labute approximate surface area is 114 Å². The summed E-state index contributed by atoms with van der Waals surface area (Å²) in [5.41, 5.74) is 3.69. The molecule has 0 amide bonds. The maximum atomic E-state index is 4.44. The van der Waals surface area contributed by atoms with E-state index in [4.69, 9.17) is 0 Å². The lowest BCUT2D eigenvalue weighted by Gasteiger charge is -2.02. The molecule has 0 radical (unpaired) electrons. The van der Waals surface area contributed by atoms with E-state index in [-0.39, 0.29) is 0 Å². The Bertz CT molecular complexity index is 512. The first-order valence-electron chi connectivity index (χ1n) is 6.96. The maximum absolute atomic E-state index is 4.44. The predicted molar refractivity (Wildman–Crippen MR) is 75.6 cm³/mol. The lowest BCUT2D eigenvalue weighted by molar-refractivity contribution is 0.601. The fraction of sp³-hybridized carbons (Fsp3) is 0.571. The van der Waals surface area contributed by atoms with Gasteiger partial charge in [0.25, 0.3) is 0 Å². The van der Waals surface area contributed by atoms with Gasteiger partial charge in [-0.1, -0.05) is 13.8 Å². The SMILES string of the molecule is CCCn1cc(CNCc2cn(C)nc2CC)cn1. The summed E-state index contributed by atoms with van der Waals surface area (Å²) >= 11 is 0. The zero-order valence-corrected chi connectivity index (χ0v) is 12.1. The van der Waals surface area contributed by atoms with Gasteiger partial charge in [-0.2, -0.15) is 10.2 Å². The fourth-order valence-corrected chi connectivity index (χ4v) is 2.22. The van der Waals surface area contributed by atoms with Crippen LogP contribution < -0.4 is 5.32 Å². The van der Waals surface area contributed by atoms with Gasteiger partial charge in [0, 0.05) is 50.2 Å². The van der Waals surface area contributed by atoms with Crippen molar-refractivity contribution in [1.29, 1.82) is 0 Å². The van der Waals surface area contributed by atoms with Crippen molar-refractivity contribution in [1.82, 2.24) is 24.9 Å². The van der Waals surface area contributed by atoms with Crippen LogP contribution in [0.1, 0.15) is 37.1 Å². The fourth-order valence-electron chi connectivity index (χ4n) is 2.22. The number of hydrogen-bond donors (Lipinski definition) is 1. The third-order valence-electron chi connectivity index (χ3n) is 3.11. The highest BCUT2D eigenvalue weighted by Crippen LogP contribution is 2.07. The van der Waals surface area contributed by atoms with Gasteiger partial charge >= 0.3 is 0 Å². The number of nitrogens with one attached hydrogen (secondary N) is 1. The number of aromatic nitrogens is 4. The first-order valence-corrected chi connectivity index (χ1v) is 6.96. The highest BCUT2D eigenvalue weighted by molar-refractivity contribution is 5.17. The van der Waals surface area contributed by atoms with E-state index in [0.29, 0.717) is 0 Å². The minimum Gasteiger partial charge on any atom is -0.308 e. The molecule has 0 fully saturated rings. The van der Waals surface area contributed by atoms with E-state index >= 15 is 0 Å². The molecule has 0 unspecified atom stereocenters. The van der Waals surface area contributed by atoms with Crippen LogP contribution in [-0.4, -0.2) is 19.6 Å². The molecule has 5 nitrogen and oxygen atoms in total. The van der Waals surface area contributed by atoms with Gasteiger partial charge in [0.2, 0.25) is 0 Å². The molecule has 0 bridgehead atoms. The van der Waals surface area contributed by atoms with Gasteiger partial charge in [0.15, 0.2) is 0 Å². The molecule has 0 saturated heterocycles. The summed E-state index contributed by atoms with van der Waals surface area (Å²) in [6.45, 7) is 7.00. The van der Waals surface area contributed by atoms with Gasteiger partial charge in [-0.3, -0.25) is 9.36 Å². The van der Waals surface area contributed by atoms with Crippen molar-refractivity contribution in [3.63, 3.8) is 0 Å².